The van der Waals surface area contributed by atoms with Gasteiger partial charge in [0.2, 0.25) is 0 Å². The average Bonchev–Trinajstić information content (AvgIpc) is 2.17. The van der Waals surface area contributed by atoms with Crippen LogP contribution in [0.5, 0.6) is 0 Å². The molecule has 1 nitrogen and oxygen atoms in total. The molecule has 0 heterocycles. The predicted octanol–water partition coefficient (Wildman–Crippen LogP) is 3.40. The fraction of sp³-hybridized carbons (Fsp3) is 0.500. The van der Waals surface area contributed by atoms with E-state index in [-0.39, 0.29) is 0 Å². The Morgan fingerprint density at radius 3 is 2.80 bits per heavy atom. The van der Waals surface area contributed by atoms with Crippen molar-refractivity contribution in [3.8, 4) is 0 Å². The first kappa shape index (κ1) is 10.4. The van der Waals surface area contributed by atoms with Crippen molar-refractivity contribution in [1.82, 2.24) is 0 Å². The van der Waals surface area contributed by atoms with Gasteiger partial charge in [0.25, 0.3) is 0 Å². The molecule has 0 unspecified atom stereocenters. The van der Waals surface area contributed by atoms with Gasteiger partial charge in [0.15, 0.2) is 5.78 Å². The maximum absolute atomic E-state index is 11.6. The Morgan fingerprint density at radius 1 is 1.27 bits per heavy atom. The van der Waals surface area contributed by atoms with Gasteiger partial charge in [-0.05, 0) is 36.3 Å². The molecular weight excluding hydrogens is 184 g/mol. The first-order valence-electron chi connectivity index (χ1n) is 5.82. The number of hydrogen-bond donors (Lipinski definition) is 0. The van der Waals surface area contributed by atoms with Crippen LogP contribution in [0.4, 0.5) is 0 Å². The maximum atomic E-state index is 11.6. The second kappa shape index (κ2) is 4.18. The van der Waals surface area contributed by atoms with E-state index in [1.165, 1.54) is 11.1 Å². The van der Waals surface area contributed by atoms with E-state index in [4.69, 9.17) is 0 Å². The van der Waals surface area contributed by atoms with Crippen LogP contribution in [0.1, 0.15) is 48.2 Å². The maximum Gasteiger partial charge on any atom is 0.163 e. The van der Waals surface area contributed by atoms with Crippen molar-refractivity contribution in [2.45, 2.75) is 39.5 Å². The minimum Gasteiger partial charge on any atom is -0.294 e. The third-order valence-corrected chi connectivity index (χ3v) is 2.96. The van der Waals surface area contributed by atoms with Gasteiger partial charge >= 0.3 is 0 Å². The normalized spacial score (nSPS) is 15.5. The molecule has 0 amide bonds. The van der Waals surface area contributed by atoms with E-state index < -0.39 is 0 Å². The second-order valence-corrected chi connectivity index (χ2v) is 4.87. The lowest BCUT2D eigenvalue weighted by Gasteiger charge is -2.16. The van der Waals surface area contributed by atoms with Gasteiger partial charge in [-0.2, -0.15) is 0 Å². The van der Waals surface area contributed by atoms with Crippen LogP contribution >= 0.6 is 0 Å². The molecule has 1 aromatic carbocycles. The van der Waals surface area contributed by atoms with Crippen molar-refractivity contribution >= 4 is 5.78 Å². The number of aryl methyl sites for hydroxylation is 1. The SMILES string of the molecule is CC(C)Cc1ccc2c(c1)CCCC2=O. The molecule has 0 aromatic heterocycles. The topological polar surface area (TPSA) is 17.1 Å². The Balaban J connectivity index is 2.29. The number of rotatable bonds is 2. The lowest BCUT2D eigenvalue weighted by atomic mass is 9.88. The third-order valence-electron chi connectivity index (χ3n) is 2.96. The van der Waals surface area contributed by atoms with Gasteiger partial charge in [-0.15, -0.1) is 0 Å². The van der Waals surface area contributed by atoms with Gasteiger partial charge < -0.3 is 0 Å². The molecule has 0 fully saturated rings. The summed E-state index contributed by atoms with van der Waals surface area (Å²) in [5.74, 6) is 1.01. The highest BCUT2D eigenvalue weighted by Crippen LogP contribution is 2.23. The van der Waals surface area contributed by atoms with E-state index in [1.54, 1.807) is 0 Å². The van der Waals surface area contributed by atoms with Gasteiger partial charge in [0.1, 0.15) is 0 Å². The van der Waals surface area contributed by atoms with Crippen molar-refractivity contribution in [1.29, 1.82) is 0 Å². The van der Waals surface area contributed by atoms with Crippen LogP contribution in [-0.4, -0.2) is 5.78 Å². The van der Waals surface area contributed by atoms with E-state index in [0.717, 1.165) is 31.2 Å². The van der Waals surface area contributed by atoms with E-state index >= 15 is 0 Å². The zero-order valence-corrected chi connectivity index (χ0v) is 9.55. The number of ketones is 1. The minimum absolute atomic E-state index is 0.326. The molecule has 0 radical (unpaired) electrons. The largest absolute Gasteiger partial charge is 0.294 e. The summed E-state index contributed by atoms with van der Waals surface area (Å²) in [5.41, 5.74) is 3.61. The molecule has 2 rings (SSSR count). The van der Waals surface area contributed by atoms with Gasteiger partial charge in [0, 0.05) is 12.0 Å². The minimum atomic E-state index is 0.326. The van der Waals surface area contributed by atoms with E-state index in [2.05, 4.69) is 26.0 Å². The van der Waals surface area contributed by atoms with Crippen molar-refractivity contribution in [3.63, 3.8) is 0 Å². The Bertz CT molecular complexity index is 377. The van der Waals surface area contributed by atoms with Crippen LogP contribution < -0.4 is 0 Å². The van der Waals surface area contributed by atoms with Gasteiger partial charge in [0.05, 0.1) is 0 Å². The molecule has 0 saturated carbocycles. The molecule has 1 heteroatoms. The second-order valence-electron chi connectivity index (χ2n) is 4.87. The lowest BCUT2D eigenvalue weighted by molar-refractivity contribution is 0.0972. The molecule has 1 aliphatic rings. The van der Waals surface area contributed by atoms with Crippen LogP contribution in [0.2, 0.25) is 0 Å². The van der Waals surface area contributed by atoms with Crippen LogP contribution in [0, 0.1) is 5.92 Å². The molecule has 0 N–H and O–H groups in total. The highest BCUT2D eigenvalue weighted by atomic mass is 16.1. The molecule has 0 atom stereocenters. The third kappa shape index (κ3) is 2.28. The Hall–Kier alpha value is -1.11. The van der Waals surface area contributed by atoms with Crippen LogP contribution in [0.3, 0.4) is 0 Å². The lowest BCUT2D eigenvalue weighted by Crippen LogP contribution is -2.11. The fourth-order valence-electron chi connectivity index (χ4n) is 2.30. The van der Waals surface area contributed by atoms with Gasteiger partial charge in [-0.1, -0.05) is 32.0 Å². The number of carbonyl (C=O) groups excluding carboxylic acids is 1. The highest BCUT2D eigenvalue weighted by Gasteiger charge is 2.16. The summed E-state index contributed by atoms with van der Waals surface area (Å²) in [6.45, 7) is 4.45. The Labute approximate surface area is 91.5 Å². The summed E-state index contributed by atoms with van der Waals surface area (Å²) < 4.78 is 0. The number of Topliss-reactive ketones (excluding diaryl/α,β-unsaturated/α-hetero) is 1. The molecule has 15 heavy (non-hydrogen) atoms. The number of benzene rings is 1. The molecule has 0 bridgehead atoms. The first-order chi connectivity index (χ1) is 7.16. The zero-order valence-electron chi connectivity index (χ0n) is 9.55. The molecule has 1 aliphatic carbocycles. The van der Waals surface area contributed by atoms with Crippen molar-refractivity contribution < 1.29 is 4.79 Å². The van der Waals surface area contributed by atoms with E-state index in [1.807, 2.05) is 6.07 Å². The van der Waals surface area contributed by atoms with Gasteiger partial charge in [-0.25, -0.2) is 0 Å². The predicted molar refractivity (Wildman–Crippen MR) is 62.3 cm³/mol. The zero-order chi connectivity index (χ0) is 10.8. The van der Waals surface area contributed by atoms with Crippen LogP contribution in [-0.2, 0) is 12.8 Å². The summed E-state index contributed by atoms with van der Waals surface area (Å²) in [6, 6.07) is 6.36. The highest BCUT2D eigenvalue weighted by molar-refractivity contribution is 5.98. The fourth-order valence-corrected chi connectivity index (χ4v) is 2.30. The summed E-state index contributed by atoms with van der Waals surface area (Å²) in [4.78, 5) is 11.6. The smallest absolute Gasteiger partial charge is 0.163 e. The molecule has 0 spiro atoms. The summed E-state index contributed by atoms with van der Waals surface area (Å²) in [5, 5.41) is 0. The molecule has 1 aromatic rings. The Kier molecular flexibility index (Phi) is 2.90. The average molecular weight is 202 g/mol. The Morgan fingerprint density at radius 2 is 2.07 bits per heavy atom. The van der Waals surface area contributed by atoms with Crippen molar-refractivity contribution in [3.05, 3.63) is 34.9 Å². The number of carbonyl (C=O) groups is 1. The molecule has 0 aliphatic heterocycles. The standard InChI is InChI=1S/C14H18O/c1-10(2)8-11-6-7-13-12(9-11)4-3-5-14(13)15/h6-7,9-10H,3-5,8H2,1-2H3. The number of hydrogen-bond acceptors (Lipinski definition) is 1. The van der Waals surface area contributed by atoms with Crippen LogP contribution in [0.25, 0.3) is 0 Å². The van der Waals surface area contributed by atoms with Crippen LogP contribution in [0.15, 0.2) is 18.2 Å². The molecular formula is C14H18O. The summed E-state index contributed by atoms with van der Waals surface area (Å²) in [7, 11) is 0. The first-order valence-corrected chi connectivity index (χ1v) is 5.82. The quantitative estimate of drug-likeness (QED) is 0.718. The van der Waals surface area contributed by atoms with E-state index in [9.17, 15) is 4.79 Å². The molecule has 0 saturated heterocycles. The number of fused-ring (bicyclic) bond motifs is 1. The molecule has 80 valence electrons. The van der Waals surface area contributed by atoms with Gasteiger partial charge in [-0.3, -0.25) is 4.79 Å². The van der Waals surface area contributed by atoms with Crippen molar-refractivity contribution in [2.24, 2.45) is 5.92 Å². The van der Waals surface area contributed by atoms with E-state index in [0.29, 0.717) is 11.7 Å². The van der Waals surface area contributed by atoms with Crippen molar-refractivity contribution in [2.75, 3.05) is 0 Å². The monoisotopic (exact) mass is 202 g/mol. The summed E-state index contributed by atoms with van der Waals surface area (Å²) >= 11 is 0. The summed E-state index contributed by atoms with van der Waals surface area (Å²) in [6.07, 6.45) is 3.95.